The van der Waals surface area contributed by atoms with E-state index in [0.717, 1.165) is 48.2 Å². The lowest BCUT2D eigenvalue weighted by Gasteiger charge is -2.24. The maximum Gasteiger partial charge on any atom is 0.238 e. The molecule has 1 heterocycles. The summed E-state index contributed by atoms with van der Waals surface area (Å²) in [5.41, 5.74) is 4.26. The van der Waals surface area contributed by atoms with Crippen molar-refractivity contribution in [3.8, 4) is 0 Å². The number of para-hydroxylation sites is 1. The third-order valence-corrected chi connectivity index (χ3v) is 4.97. The first kappa shape index (κ1) is 17.6. The van der Waals surface area contributed by atoms with Crippen molar-refractivity contribution in [1.82, 2.24) is 4.90 Å². The highest BCUT2D eigenvalue weighted by Gasteiger charge is 2.27. The molecule has 1 unspecified atom stereocenters. The lowest BCUT2D eigenvalue weighted by molar-refractivity contribution is -0.117. The van der Waals surface area contributed by atoms with Crippen molar-refractivity contribution in [3.63, 3.8) is 0 Å². The molecule has 0 bridgehead atoms. The molecule has 0 spiro atoms. The second kappa shape index (κ2) is 7.79. The van der Waals surface area contributed by atoms with Crippen LogP contribution in [0.15, 0.2) is 42.5 Å². The smallest absolute Gasteiger partial charge is 0.238 e. The van der Waals surface area contributed by atoms with Gasteiger partial charge in [0.15, 0.2) is 0 Å². The number of aryl methyl sites for hydroxylation is 2. The van der Waals surface area contributed by atoms with Crippen LogP contribution in [0.3, 0.4) is 0 Å². The number of amides is 1. The standard InChI is InChI=1S/C21H25FN2O/c1-3-16-7-4-6-15(2)21(16)23-20(25)14-24-13-5-8-19(24)17-9-11-18(22)12-10-17/h4,6-7,9-12,19H,3,5,8,13-14H2,1-2H3,(H,23,25). The molecule has 1 aliphatic rings. The van der Waals surface area contributed by atoms with Gasteiger partial charge < -0.3 is 5.32 Å². The zero-order chi connectivity index (χ0) is 17.8. The Labute approximate surface area is 148 Å². The van der Waals surface area contributed by atoms with Crippen molar-refractivity contribution in [1.29, 1.82) is 0 Å². The average Bonchev–Trinajstić information content (AvgIpc) is 3.05. The molecule has 1 saturated heterocycles. The number of nitrogens with one attached hydrogen (secondary N) is 1. The predicted molar refractivity (Wildman–Crippen MR) is 99.1 cm³/mol. The summed E-state index contributed by atoms with van der Waals surface area (Å²) in [5.74, 6) is -0.212. The van der Waals surface area contributed by atoms with E-state index in [9.17, 15) is 9.18 Å². The van der Waals surface area contributed by atoms with E-state index < -0.39 is 0 Å². The first-order valence-electron chi connectivity index (χ1n) is 8.96. The van der Waals surface area contributed by atoms with Gasteiger partial charge in [-0.15, -0.1) is 0 Å². The molecule has 1 fully saturated rings. The van der Waals surface area contributed by atoms with Gasteiger partial charge in [-0.25, -0.2) is 4.39 Å². The summed E-state index contributed by atoms with van der Waals surface area (Å²) in [6.45, 7) is 5.37. The van der Waals surface area contributed by atoms with E-state index in [1.54, 1.807) is 0 Å². The van der Waals surface area contributed by atoms with Crippen molar-refractivity contribution >= 4 is 11.6 Å². The quantitative estimate of drug-likeness (QED) is 0.871. The summed E-state index contributed by atoms with van der Waals surface area (Å²) in [6.07, 6.45) is 2.95. The molecule has 4 heteroatoms. The van der Waals surface area contributed by atoms with Gasteiger partial charge in [-0.05, 0) is 61.6 Å². The van der Waals surface area contributed by atoms with E-state index in [1.807, 2.05) is 31.2 Å². The van der Waals surface area contributed by atoms with E-state index in [2.05, 4.69) is 23.2 Å². The summed E-state index contributed by atoms with van der Waals surface area (Å²) in [4.78, 5) is 14.8. The van der Waals surface area contributed by atoms with Gasteiger partial charge >= 0.3 is 0 Å². The Kier molecular flexibility index (Phi) is 5.49. The van der Waals surface area contributed by atoms with E-state index >= 15 is 0 Å². The van der Waals surface area contributed by atoms with Crippen molar-refractivity contribution in [2.75, 3.05) is 18.4 Å². The van der Waals surface area contributed by atoms with Gasteiger partial charge in [-0.2, -0.15) is 0 Å². The van der Waals surface area contributed by atoms with Crippen LogP contribution in [0.4, 0.5) is 10.1 Å². The molecule has 25 heavy (non-hydrogen) atoms. The highest BCUT2D eigenvalue weighted by atomic mass is 19.1. The topological polar surface area (TPSA) is 32.3 Å². The normalized spacial score (nSPS) is 17.6. The highest BCUT2D eigenvalue weighted by molar-refractivity contribution is 5.93. The summed E-state index contributed by atoms with van der Waals surface area (Å²) in [7, 11) is 0. The molecule has 2 aromatic carbocycles. The predicted octanol–water partition coefficient (Wildman–Crippen LogP) is 4.47. The first-order valence-corrected chi connectivity index (χ1v) is 8.96. The van der Waals surface area contributed by atoms with E-state index in [1.165, 1.54) is 12.1 Å². The number of rotatable bonds is 5. The Hall–Kier alpha value is -2.20. The van der Waals surface area contributed by atoms with Crippen molar-refractivity contribution in [2.45, 2.75) is 39.2 Å². The number of carbonyl (C=O) groups is 1. The molecule has 2 aromatic rings. The van der Waals surface area contributed by atoms with Crippen LogP contribution in [0.1, 0.15) is 42.5 Å². The molecule has 1 N–H and O–H groups in total. The molecular formula is C21H25FN2O. The third-order valence-electron chi connectivity index (χ3n) is 4.97. The van der Waals surface area contributed by atoms with Crippen molar-refractivity contribution in [3.05, 3.63) is 65.0 Å². The van der Waals surface area contributed by atoms with Crippen LogP contribution in [-0.2, 0) is 11.2 Å². The van der Waals surface area contributed by atoms with Gasteiger partial charge in [-0.3, -0.25) is 9.69 Å². The zero-order valence-electron chi connectivity index (χ0n) is 14.9. The Bertz CT molecular complexity index is 742. The van der Waals surface area contributed by atoms with Crippen LogP contribution < -0.4 is 5.32 Å². The lowest BCUT2D eigenvalue weighted by atomic mass is 10.0. The number of likely N-dealkylation sites (tertiary alicyclic amines) is 1. The van der Waals surface area contributed by atoms with Gasteiger partial charge in [0, 0.05) is 11.7 Å². The van der Waals surface area contributed by atoms with Gasteiger partial charge in [-0.1, -0.05) is 37.3 Å². The highest BCUT2D eigenvalue weighted by Crippen LogP contribution is 2.31. The number of halogens is 1. The summed E-state index contributed by atoms with van der Waals surface area (Å²) >= 11 is 0. The lowest BCUT2D eigenvalue weighted by Crippen LogP contribution is -2.33. The molecule has 3 nitrogen and oxygen atoms in total. The fourth-order valence-corrected chi connectivity index (χ4v) is 3.64. The SMILES string of the molecule is CCc1cccc(C)c1NC(=O)CN1CCCC1c1ccc(F)cc1. The molecule has 0 saturated carbocycles. The Balaban J connectivity index is 1.69. The fraction of sp³-hybridized carbons (Fsp3) is 0.381. The molecular weight excluding hydrogens is 315 g/mol. The number of hydrogen-bond acceptors (Lipinski definition) is 2. The molecule has 0 aromatic heterocycles. The maximum absolute atomic E-state index is 13.2. The second-order valence-electron chi connectivity index (χ2n) is 6.69. The van der Waals surface area contributed by atoms with E-state index in [-0.39, 0.29) is 17.8 Å². The summed E-state index contributed by atoms with van der Waals surface area (Å²) in [5, 5.41) is 3.10. The minimum Gasteiger partial charge on any atom is -0.324 e. The molecule has 3 rings (SSSR count). The van der Waals surface area contributed by atoms with Crippen LogP contribution >= 0.6 is 0 Å². The maximum atomic E-state index is 13.2. The Morgan fingerprint density at radius 1 is 1.24 bits per heavy atom. The van der Waals surface area contributed by atoms with Crippen LogP contribution in [0.2, 0.25) is 0 Å². The van der Waals surface area contributed by atoms with Gasteiger partial charge in [0.05, 0.1) is 6.54 Å². The second-order valence-corrected chi connectivity index (χ2v) is 6.69. The largest absolute Gasteiger partial charge is 0.324 e. The summed E-state index contributed by atoms with van der Waals surface area (Å²) < 4.78 is 13.2. The molecule has 0 radical (unpaired) electrons. The number of nitrogens with zero attached hydrogens (tertiary/aromatic N) is 1. The molecule has 132 valence electrons. The fourth-order valence-electron chi connectivity index (χ4n) is 3.64. The van der Waals surface area contributed by atoms with Crippen molar-refractivity contribution in [2.24, 2.45) is 0 Å². The number of benzene rings is 2. The van der Waals surface area contributed by atoms with Crippen molar-refractivity contribution < 1.29 is 9.18 Å². The molecule has 1 atom stereocenters. The van der Waals surface area contributed by atoms with E-state index in [4.69, 9.17) is 0 Å². The third kappa shape index (κ3) is 4.07. The number of hydrogen-bond donors (Lipinski definition) is 1. The van der Waals surface area contributed by atoms with Gasteiger partial charge in [0.1, 0.15) is 5.82 Å². The molecule has 1 aliphatic heterocycles. The number of carbonyl (C=O) groups excluding carboxylic acids is 1. The van der Waals surface area contributed by atoms with Crippen LogP contribution in [0.5, 0.6) is 0 Å². The monoisotopic (exact) mass is 340 g/mol. The average molecular weight is 340 g/mol. The minimum atomic E-state index is -0.224. The number of anilines is 1. The van der Waals surface area contributed by atoms with Gasteiger partial charge in [0.25, 0.3) is 0 Å². The summed E-state index contributed by atoms with van der Waals surface area (Å²) in [6, 6.07) is 12.9. The molecule has 1 amide bonds. The zero-order valence-corrected chi connectivity index (χ0v) is 14.9. The Morgan fingerprint density at radius 3 is 2.72 bits per heavy atom. The van der Waals surface area contributed by atoms with Crippen LogP contribution in [0, 0.1) is 12.7 Å². The minimum absolute atomic E-state index is 0.0120. The first-order chi connectivity index (χ1) is 12.1. The Morgan fingerprint density at radius 2 is 2.00 bits per heavy atom. The van der Waals surface area contributed by atoms with Crippen LogP contribution in [0.25, 0.3) is 0 Å². The molecule has 0 aliphatic carbocycles. The van der Waals surface area contributed by atoms with Gasteiger partial charge in [0.2, 0.25) is 5.91 Å². The van der Waals surface area contributed by atoms with E-state index in [0.29, 0.717) is 6.54 Å². The van der Waals surface area contributed by atoms with Crippen LogP contribution in [-0.4, -0.2) is 23.9 Å².